The first kappa shape index (κ1) is 20.6. The maximum atomic E-state index is 10.6. The van der Waals surface area contributed by atoms with Crippen LogP contribution in [0.15, 0.2) is 79.0 Å². The lowest BCUT2D eigenvalue weighted by molar-refractivity contribution is 0.0690. The summed E-state index contributed by atoms with van der Waals surface area (Å²) in [5, 5.41) is 18.6. The number of carbonyl (C=O) groups is 1. The number of rotatable bonds is 5. The maximum absolute atomic E-state index is 10.6. The lowest BCUT2D eigenvalue weighted by Gasteiger charge is -2.16. The summed E-state index contributed by atoms with van der Waals surface area (Å²) < 4.78 is 0. The monoisotopic (exact) mass is 390 g/mol. The van der Waals surface area contributed by atoms with Gasteiger partial charge in [-0.15, -0.1) is 0 Å². The van der Waals surface area contributed by atoms with Gasteiger partial charge < -0.3 is 15.1 Å². The van der Waals surface area contributed by atoms with Gasteiger partial charge >= 0.3 is 5.97 Å². The number of benzene rings is 2. The Labute approximate surface area is 171 Å². The van der Waals surface area contributed by atoms with Gasteiger partial charge in [-0.1, -0.05) is 60.7 Å². The minimum absolute atomic E-state index is 0.105. The first-order valence-corrected chi connectivity index (χ1v) is 9.85. The summed E-state index contributed by atoms with van der Waals surface area (Å²) in [4.78, 5) is 16.7. The number of aromatic nitrogens is 1. The van der Waals surface area contributed by atoms with Gasteiger partial charge in [0.25, 0.3) is 0 Å². The third-order valence-electron chi connectivity index (χ3n) is 4.89. The normalized spacial score (nSPS) is 14.0. The Bertz CT molecular complexity index is 877. The standard InChI is InChI=1S/C14H14O.C10H12N2O2/c15-14(13-9-5-2-6-10-13)11-12-7-3-1-4-8-12;13-10(14)9-4-3-8(7-11-9)12-5-1-2-6-12/h1-10,14-15H,11H2;3-4,7H,1-2,5-6H2,(H,13,14). The van der Waals surface area contributed by atoms with Crippen molar-refractivity contribution in [2.75, 3.05) is 18.0 Å². The Morgan fingerprint density at radius 2 is 1.55 bits per heavy atom. The van der Waals surface area contributed by atoms with Gasteiger partial charge in [0, 0.05) is 19.5 Å². The molecule has 0 spiro atoms. The van der Waals surface area contributed by atoms with Crippen LogP contribution in [0.4, 0.5) is 5.69 Å². The van der Waals surface area contributed by atoms with Crippen LogP contribution in [-0.4, -0.2) is 34.3 Å². The molecule has 150 valence electrons. The molecular weight excluding hydrogens is 364 g/mol. The van der Waals surface area contributed by atoms with E-state index in [4.69, 9.17) is 5.11 Å². The van der Waals surface area contributed by atoms with Gasteiger partial charge in [0.05, 0.1) is 18.0 Å². The molecule has 1 fully saturated rings. The van der Waals surface area contributed by atoms with Crippen LogP contribution in [0.1, 0.15) is 40.6 Å². The first-order chi connectivity index (χ1) is 14.1. The second-order valence-electron chi connectivity index (χ2n) is 7.02. The number of carboxylic acid groups (broad SMARTS) is 1. The van der Waals surface area contributed by atoms with Crippen molar-refractivity contribution in [2.45, 2.75) is 25.4 Å². The number of aliphatic hydroxyl groups is 1. The van der Waals surface area contributed by atoms with Crippen LogP contribution in [0, 0.1) is 0 Å². The number of pyridine rings is 1. The van der Waals surface area contributed by atoms with E-state index in [0.717, 1.165) is 29.9 Å². The molecule has 1 aliphatic heterocycles. The topological polar surface area (TPSA) is 73.7 Å². The molecular formula is C24H26N2O3. The van der Waals surface area contributed by atoms with Crippen LogP contribution in [0.2, 0.25) is 0 Å². The highest BCUT2D eigenvalue weighted by atomic mass is 16.4. The van der Waals surface area contributed by atoms with Crippen LogP contribution in [-0.2, 0) is 6.42 Å². The quantitative estimate of drug-likeness (QED) is 0.678. The van der Waals surface area contributed by atoms with E-state index in [1.54, 1.807) is 12.3 Å². The van der Waals surface area contributed by atoms with Gasteiger partial charge in [-0.2, -0.15) is 0 Å². The minimum atomic E-state index is -0.974. The van der Waals surface area contributed by atoms with E-state index in [1.807, 2.05) is 66.7 Å². The van der Waals surface area contributed by atoms with E-state index in [9.17, 15) is 9.90 Å². The number of hydrogen-bond donors (Lipinski definition) is 2. The Kier molecular flexibility index (Phi) is 7.36. The molecule has 0 saturated carbocycles. The van der Waals surface area contributed by atoms with Crippen LogP contribution < -0.4 is 4.90 Å². The molecule has 1 atom stereocenters. The van der Waals surface area contributed by atoms with Crippen molar-refractivity contribution in [1.29, 1.82) is 0 Å². The third-order valence-corrected chi connectivity index (χ3v) is 4.89. The second kappa shape index (κ2) is 10.4. The molecule has 0 bridgehead atoms. The summed E-state index contributed by atoms with van der Waals surface area (Å²) in [5.41, 5.74) is 3.26. The molecule has 5 nitrogen and oxygen atoms in total. The minimum Gasteiger partial charge on any atom is -0.477 e. The Balaban J connectivity index is 0.000000166. The molecule has 1 aromatic heterocycles. The zero-order chi connectivity index (χ0) is 20.5. The number of hydrogen-bond acceptors (Lipinski definition) is 4. The number of carboxylic acids is 1. The van der Waals surface area contributed by atoms with E-state index in [0.29, 0.717) is 6.42 Å². The number of nitrogens with zero attached hydrogens (tertiary/aromatic N) is 2. The highest BCUT2D eigenvalue weighted by molar-refractivity contribution is 5.85. The van der Waals surface area contributed by atoms with Gasteiger partial charge in [-0.05, 0) is 36.1 Å². The first-order valence-electron chi connectivity index (χ1n) is 9.85. The Morgan fingerprint density at radius 1 is 0.931 bits per heavy atom. The average Bonchev–Trinajstić information content (AvgIpc) is 3.31. The smallest absolute Gasteiger partial charge is 0.354 e. The van der Waals surface area contributed by atoms with Crippen LogP contribution in [0.5, 0.6) is 0 Å². The number of aliphatic hydroxyl groups excluding tert-OH is 1. The Hall–Kier alpha value is -3.18. The van der Waals surface area contributed by atoms with Gasteiger partial charge in [-0.3, -0.25) is 0 Å². The predicted octanol–water partition coefficient (Wildman–Crippen LogP) is 4.34. The molecule has 1 aliphatic rings. The zero-order valence-corrected chi connectivity index (χ0v) is 16.3. The molecule has 3 aromatic rings. The fourth-order valence-corrected chi connectivity index (χ4v) is 3.31. The molecule has 2 aromatic carbocycles. The average molecular weight is 390 g/mol. The summed E-state index contributed by atoms with van der Waals surface area (Å²) in [6.07, 6.45) is 4.31. The lowest BCUT2D eigenvalue weighted by atomic mass is 10.0. The molecule has 0 aliphatic carbocycles. The van der Waals surface area contributed by atoms with E-state index >= 15 is 0 Å². The van der Waals surface area contributed by atoms with E-state index < -0.39 is 12.1 Å². The molecule has 1 unspecified atom stereocenters. The maximum Gasteiger partial charge on any atom is 0.354 e. The molecule has 29 heavy (non-hydrogen) atoms. The van der Waals surface area contributed by atoms with Gasteiger partial charge in [0.15, 0.2) is 0 Å². The summed E-state index contributed by atoms with van der Waals surface area (Å²) in [6.45, 7) is 2.10. The summed E-state index contributed by atoms with van der Waals surface area (Å²) >= 11 is 0. The summed E-state index contributed by atoms with van der Waals surface area (Å²) in [5.74, 6) is -0.974. The third kappa shape index (κ3) is 6.16. The predicted molar refractivity (Wildman–Crippen MR) is 114 cm³/mol. The Morgan fingerprint density at radius 3 is 2.10 bits per heavy atom. The van der Waals surface area contributed by atoms with Crippen molar-refractivity contribution in [1.82, 2.24) is 4.98 Å². The molecule has 0 amide bonds. The largest absolute Gasteiger partial charge is 0.477 e. The van der Waals surface area contributed by atoms with Crippen LogP contribution in [0.25, 0.3) is 0 Å². The van der Waals surface area contributed by atoms with Gasteiger partial charge in [0.1, 0.15) is 5.69 Å². The number of aromatic carboxylic acids is 1. The number of anilines is 1. The van der Waals surface area contributed by atoms with Gasteiger partial charge in [-0.25, -0.2) is 9.78 Å². The van der Waals surface area contributed by atoms with Gasteiger partial charge in [0.2, 0.25) is 0 Å². The van der Waals surface area contributed by atoms with Crippen molar-refractivity contribution in [3.05, 3.63) is 95.8 Å². The SMILES string of the molecule is O=C(O)c1ccc(N2CCCC2)cn1.OC(Cc1ccccc1)c1ccccc1. The van der Waals surface area contributed by atoms with Crippen LogP contribution >= 0.6 is 0 Å². The van der Waals surface area contributed by atoms with Crippen molar-refractivity contribution in [3.63, 3.8) is 0 Å². The lowest BCUT2D eigenvalue weighted by Crippen LogP contribution is -2.17. The molecule has 1 saturated heterocycles. The summed E-state index contributed by atoms with van der Waals surface area (Å²) in [6, 6.07) is 23.2. The molecule has 2 heterocycles. The van der Waals surface area contributed by atoms with E-state index in [2.05, 4.69) is 9.88 Å². The molecule has 0 radical (unpaired) electrons. The zero-order valence-electron chi connectivity index (χ0n) is 16.3. The highest BCUT2D eigenvalue weighted by Crippen LogP contribution is 2.19. The molecule has 4 rings (SSSR count). The van der Waals surface area contributed by atoms with E-state index in [-0.39, 0.29) is 5.69 Å². The fourth-order valence-electron chi connectivity index (χ4n) is 3.31. The van der Waals surface area contributed by atoms with Crippen LogP contribution in [0.3, 0.4) is 0 Å². The van der Waals surface area contributed by atoms with Crippen molar-refractivity contribution in [3.8, 4) is 0 Å². The van der Waals surface area contributed by atoms with Crippen molar-refractivity contribution >= 4 is 11.7 Å². The molecule has 5 heteroatoms. The second-order valence-corrected chi connectivity index (χ2v) is 7.02. The fraction of sp³-hybridized carbons (Fsp3) is 0.250. The summed E-state index contributed by atoms with van der Waals surface area (Å²) in [7, 11) is 0. The molecule has 2 N–H and O–H groups in total. The van der Waals surface area contributed by atoms with Crippen molar-refractivity contribution in [2.24, 2.45) is 0 Å². The highest BCUT2D eigenvalue weighted by Gasteiger charge is 2.13. The van der Waals surface area contributed by atoms with E-state index in [1.165, 1.54) is 12.8 Å². The van der Waals surface area contributed by atoms with Crippen molar-refractivity contribution < 1.29 is 15.0 Å².